The normalized spacial score (nSPS) is 15.4. The third-order valence-corrected chi connectivity index (χ3v) is 4.86. The molecule has 1 aromatic rings. The second-order valence-corrected chi connectivity index (χ2v) is 8.52. The molecule has 150 valence electrons. The number of nitrogens with one attached hydrogen (secondary N) is 1. The van der Waals surface area contributed by atoms with Gasteiger partial charge in [-0.05, 0) is 39.7 Å². The molecule has 1 aromatic carbocycles. The lowest BCUT2D eigenvalue weighted by molar-refractivity contribution is -0.124. The molecule has 0 radical (unpaired) electrons. The average molecular weight is 438 g/mol. The first-order valence-electron chi connectivity index (χ1n) is 8.60. The minimum atomic E-state index is -0.522. The summed E-state index contributed by atoms with van der Waals surface area (Å²) in [6.07, 6.45) is 0.974. The van der Waals surface area contributed by atoms with Gasteiger partial charge in [0.1, 0.15) is 11.4 Å². The van der Waals surface area contributed by atoms with Crippen molar-refractivity contribution in [1.29, 1.82) is 0 Å². The molecule has 0 unspecified atom stereocenters. The topological polar surface area (TPSA) is 67.9 Å². The maximum Gasteiger partial charge on any atom is 0.410 e. The molecular formula is C18H23Cl3N2O4. The monoisotopic (exact) mass is 436 g/mol. The number of hydrogen-bond donors (Lipinski definition) is 1. The molecule has 0 atom stereocenters. The van der Waals surface area contributed by atoms with E-state index in [1.54, 1.807) is 4.90 Å². The van der Waals surface area contributed by atoms with Crippen molar-refractivity contribution in [3.63, 3.8) is 0 Å². The van der Waals surface area contributed by atoms with Crippen LogP contribution in [0.2, 0.25) is 15.1 Å². The number of halogens is 3. The van der Waals surface area contributed by atoms with Crippen LogP contribution in [0, 0.1) is 0 Å². The van der Waals surface area contributed by atoms with Crippen molar-refractivity contribution < 1.29 is 19.1 Å². The maximum absolute atomic E-state index is 12.1. The molecule has 1 aliphatic rings. The van der Waals surface area contributed by atoms with Gasteiger partial charge in [-0.25, -0.2) is 4.79 Å². The summed E-state index contributed by atoms with van der Waals surface area (Å²) in [4.78, 5) is 25.8. The van der Waals surface area contributed by atoms with Crippen molar-refractivity contribution in [3.8, 4) is 5.75 Å². The van der Waals surface area contributed by atoms with Gasteiger partial charge in [0.2, 0.25) is 0 Å². The summed E-state index contributed by atoms with van der Waals surface area (Å²) in [7, 11) is 0. The van der Waals surface area contributed by atoms with E-state index >= 15 is 0 Å². The highest BCUT2D eigenvalue weighted by atomic mass is 35.5. The summed E-state index contributed by atoms with van der Waals surface area (Å²) in [5.74, 6) is 0.0221. The highest BCUT2D eigenvalue weighted by Crippen LogP contribution is 2.33. The number of carbonyl (C=O) groups excluding carboxylic acids is 2. The standard InChI is InChI=1S/C18H23Cl3N2O4/c1-18(2,3)27-17(25)23-6-4-11(5-7-23)22-16(24)10-26-15-9-13(20)12(19)8-14(15)21/h8-9,11H,4-7,10H2,1-3H3,(H,22,24). The molecular weight excluding hydrogens is 415 g/mol. The molecule has 0 aliphatic carbocycles. The number of likely N-dealkylation sites (tertiary alicyclic amines) is 1. The van der Waals surface area contributed by atoms with Crippen LogP contribution in [0.5, 0.6) is 5.75 Å². The zero-order valence-corrected chi connectivity index (χ0v) is 17.7. The van der Waals surface area contributed by atoms with Crippen molar-refractivity contribution in [2.45, 2.75) is 45.3 Å². The summed E-state index contributed by atoms with van der Waals surface area (Å²) in [6, 6.07) is 2.91. The SMILES string of the molecule is CC(C)(C)OC(=O)N1CCC(NC(=O)COc2cc(Cl)c(Cl)cc2Cl)CC1. The molecule has 9 heteroatoms. The van der Waals surface area contributed by atoms with Crippen molar-refractivity contribution in [3.05, 3.63) is 27.2 Å². The Labute approximate surface area is 174 Å². The number of carbonyl (C=O) groups is 2. The van der Waals surface area contributed by atoms with Crippen LogP contribution in [0.15, 0.2) is 12.1 Å². The highest BCUT2D eigenvalue weighted by molar-refractivity contribution is 6.43. The third-order valence-electron chi connectivity index (χ3n) is 3.85. The van der Waals surface area contributed by atoms with Gasteiger partial charge in [0.05, 0.1) is 15.1 Å². The van der Waals surface area contributed by atoms with Crippen molar-refractivity contribution in [2.24, 2.45) is 0 Å². The van der Waals surface area contributed by atoms with Crippen LogP contribution in [-0.2, 0) is 9.53 Å². The van der Waals surface area contributed by atoms with Crippen LogP contribution in [0.4, 0.5) is 4.79 Å². The molecule has 27 heavy (non-hydrogen) atoms. The molecule has 0 bridgehead atoms. The van der Waals surface area contributed by atoms with E-state index < -0.39 is 5.60 Å². The van der Waals surface area contributed by atoms with E-state index in [-0.39, 0.29) is 29.7 Å². The minimum absolute atomic E-state index is 0.0240. The van der Waals surface area contributed by atoms with E-state index in [9.17, 15) is 9.59 Å². The fourth-order valence-corrected chi connectivity index (χ4v) is 3.15. The Morgan fingerprint density at radius 3 is 2.30 bits per heavy atom. The van der Waals surface area contributed by atoms with Gasteiger partial charge in [0.15, 0.2) is 6.61 Å². The number of rotatable bonds is 4. The summed E-state index contributed by atoms with van der Waals surface area (Å²) in [5.41, 5.74) is -0.522. The summed E-state index contributed by atoms with van der Waals surface area (Å²) < 4.78 is 10.8. The van der Waals surface area contributed by atoms with Gasteiger partial charge < -0.3 is 19.7 Å². The molecule has 0 saturated carbocycles. The van der Waals surface area contributed by atoms with E-state index in [1.807, 2.05) is 20.8 Å². The molecule has 1 N–H and O–H groups in total. The fraction of sp³-hybridized carbons (Fsp3) is 0.556. The Kier molecular flexibility index (Phi) is 7.48. The van der Waals surface area contributed by atoms with Gasteiger partial charge in [-0.3, -0.25) is 4.79 Å². The quantitative estimate of drug-likeness (QED) is 0.702. The number of hydrogen-bond acceptors (Lipinski definition) is 4. The van der Waals surface area contributed by atoms with Crippen LogP contribution in [-0.4, -0.2) is 48.2 Å². The lowest BCUT2D eigenvalue weighted by Gasteiger charge is -2.33. The summed E-state index contributed by atoms with van der Waals surface area (Å²) in [6.45, 7) is 6.36. The predicted molar refractivity (Wildman–Crippen MR) is 106 cm³/mol. The first-order chi connectivity index (χ1) is 12.5. The summed E-state index contributed by atoms with van der Waals surface area (Å²) in [5, 5.41) is 3.79. The number of amides is 2. The van der Waals surface area contributed by atoms with Crippen molar-refractivity contribution in [2.75, 3.05) is 19.7 Å². The smallest absolute Gasteiger partial charge is 0.410 e. The van der Waals surface area contributed by atoms with E-state index in [1.165, 1.54) is 12.1 Å². The van der Waals surface area contributed by atoms with Gasteiger partial charge >= 0.3 is 6.09 Å². The molecule has 1 saturated heterocycles. The summed E-state index contributed by atoms with van der Waals surface area (Å²) >= 11 is 17.8. The van der Waals surface area contributed by atoms with E-state index in [2.05, 4.69) is 5.32 Å². The second kappa shape index (κ2) is 9.22. The van der Waals surface area contributed by atoms with Crippen LogP contribution in [0.25, 0.3) is 0 Å². The van der Waals surface area contributed by atoms with E-state index in [0.717, 1.165) is 0 Å². The molecule has 0 spiro atoms. The first kappa shape index (κ1) is 21.9. The van der Waals surface area contributed by atoms with Gasteiger partial charge in [0, 0.05) is 25.2 Å². The Bertz CT molecular complexity index is 699. The molecule has 1 fully saturated rings. The number of piperidine rings is 1. The van der Waals surface area contributed by atoms with Crippen molar-refractivity contribution in [1.82, 2.24) is 10.2 Å². The largest absolute Gasteiger partial charge is 0.482 e. The molecule has 2 rings (SSSR count). The average Bonchev–Trinajstić information content (AvgIpc) is 2.56. The second-order valence-electron chi connectivity index (χ2n) is 7.29. The van der Waals surface area contributed by atoms with Gasteiger partial charge in [-0.15, -0.1) is 0 Å². The molecule has 6 nitrogen and oxygen atoms in total. The highest BCUT2D eigenvalue weighted by Gasteiger charge is 2.27. The Morgan fingerprint density at radius 2 is 1.70 bits per heavy atom. The molecule has 1 heterocycles. The van der Waals surface area contributed by atoms with Gasteiger partial charge in [-0.1, -0.05) is 34.8 Å². The van der Waals surface area contributed by atoms with Crippen LogP contribution < -0.4 is 10.1 Å². The van der Waals surface area contributed by atoms with Gasteiger partial charge in [0.25, 0.3) is 5.91 Å². The fourth-order valence-electron chi connectivity index (χ4n) is 2.56. The number of benzene rings is 1. The Balaban J connectivity index is 1.76. The predicted octanol–water partition coefficient (Wildman–Crippen LogP) is 4.54. The van der Waals surface area contributed by atoms with Crippen molar-refractivity contribution >= 4 is 46.8 Å². The zero-order valence-electron chi connectivity index (χ0n) is 15.5. The molecule has 1 aliphatic heterocycles. The van der Waals surface area contributed by atoms with Crippen LogP contribution >= 0.6 is 34.8 Å². The van der Waals surface area contributed by atoms with Crippen LogP contribution in [0.3, 0.4) is 0 Å². The van der Waals surface area contributed by atoms with E-state index in [0.29, 0.717) is 41.7 Å². The lowest BCUT2D eigenvalue weighted by Crippen LogP contribution is -2.48. The molecule has 0 aromatic heterocycles. The Hall–Kier alpha value is -1.37. The third kappa shape index (κ3) is 6.94. The van der Waals surface area contributed by atoms with E-state index in [4.69, 9.17) is 44.3 Å². The van der Waals surface area contributed by atoms with Gasteiger partial charge in [-0.2, -0.15) is 0 Å². The Morgan fingerprint density at radius 1 is 1.11 bits per heavy atom. The number of ether oxygens (including phenoxy) is 2. The number of nitrogens with zero attached hydrogens (tertiary/aromatic N) is 1. The molecule has 2 amide bonds. The first-order valence-corrected chi connectivity index (χ1v) is 9.73. The maximum atomic E-state index is 12.1. The lowest BCUT2D eigenvalue weighted by atomic mass is 10.1. The van der Waals surface area contributed by atoms with Crippen LogP contribution in [0.1, 0.15) is 33.6 Å². The zero-order chi connectivity index (χ0) is 20.2. The minimum Gasteiger partial charge on any atom is -0.482 e.